The smallest absolute Gasteiger partial charge is 0.298 e. The first-order valence-electron chi connectivity index (χ1n) is 5.07. The number of carbonyl (C=O) groups excluding carboxylic acids is 2. The Morgan fingerprint density at radius 3 is 2.50 bits per heavy atom. The Kier molecular flexibility index (Phi) is 5.12. The Morgan fingerprint density at radius 2 is 1.94 bits per heavy atom. The number of rotatable bonds is 7. The fourth-order valence-corrected chi connectivity index (χ4v) is 1.47. The van der Waals surface area contributed by atoms with Crippen LogP contribution in [0.2, 0.25) is 0 Å². The third-order valence-corrected chi connectivity index (χ3v) is 2.14. The molecule has 0 N–H and O–H groups in total. The zero-order chi connectivity index (χ0) is 13.4. The molecule has 0 atom stereocenters. The number of hydrogen-bond donors (Lipinski definition) is 0. The van der Waals surface area contributed by atoms with Gasteiger partial charge in [0, 0.05) is 0 Å². The number of allylic oxidation sites excluding steroid dienone is 2. The minimum atomic E-state index is 0.229. The van der Waals surface area contributed by atoms with Gasteiger partial charge in [-0.05, 0) is 17.7 Å². The Hall–Kier alpha value is -2.62. The maximum atomic E-state index is 10.5. The molecule has 0 unspecified atom stereocenters. The summed E-state index contributed by atoms with van der Waals surface area (Å²) < 4.78 is 9.72. The molecule has 0 spiro atoms. The molecule has 0 bridgehead atoms. The van der Waals surface area contributed by atoms with Crippen molar-refractivity contribution in [2.24, 2.45) is 0 Å². The number of ether oxygens (including phenoxy) is 2. The van der Waals surface area contributed by atoms with Crippen molar-refractivity contribution < 1.29 is 19.1 Å². The lowest BCUT2D eigenvalue weighted by Crippen LogP contribution is -1.99. The lowest BCUT2D eigenvalue weighted by atomic mass is 10.0. The molecule has 4 nitrogen and oxygen atoms in total. The summed E-state index contributed by atoms with van der Waals surface area (Å²) in [5.41, 5.74) is 1.14. The highest BCUT2D eigenvalue weighted by Gasteiger charge is 2.13. The van der Waals surface area contributed by atoms with Gasteiger partial charge in [-0.1, -0.05) is 37.4 Å². The third kappa shape index (κ3) is 2.95. The van der Waals surface area contributed by atoms with Gasteiger partial charge in [-0.25, -0.2) is 0 Å². The Morgan fingerprint density at radius 1 is 1.17 bits per heavy atom. The first-order chi connectivity index (χ1) is 8.78. The van der Waals surface area contributed by atoms with Crippen molar-refractivity contribution in [3.05, 3.63) is 54.6 Å². The summed E-state index contributed by atoms with van der Waals surface area (Å²) in [5, 5.41) is 0. The lowest BCUT2D eigenvalue weighted by molar-refractivity contribution is -0.122. The second-order valence-corrected chi connectivity index (χ2v) is 3.12. The highest BCUT2D eigenvalue weighted by atomic mass is 16.5. The van der Waals surface area contributed by atoms with Crippen LogP contribution in [0.3, 0.4) is 0 Å². The van der Waals surface area contributed by atoms with E-state index in [0.717, 1.165) is 0 Å². The van der Waals surface area contributed by atoms with Gasteiger partial charge in [-0.15, -0.1) is 0 Å². The van der Waals surface area contributed by atoms with Crippen LogP contribution in [0.1, 0.15) is 11.1 Å². The molecule has 0 radical (unpaired) electrons. The van der Waals surface area contributed by atoms with Crippen LogP contribution in [0, 0.1) is 0 Å². The summed E-state index contributed by atoms with van der Waals surface area (Å²) >= 11 is 0. The summed E-state index contributed by atoms with van der Waals surface area (Å²) in [6.07, 6.45) is 4.52. The summed E-state index contributed by atoms with van der Waals surface area (Å²) in [6, 6.07) is 5.04. The minimum Gasteiger partial charge on any atom is -0.428 e. The third-order valence-electron chi connectivity index (χ3n) is 2.14. The van der Waals surface area contributed by atoms with Gasteiger partial charge in [0.2, 0.25) is 0 Å². The molecule has 4 heteroatoms. The van der Waals surface area contributed by atoms with E-state index in [1.54, 1.807) is 24.3 Å². The van der Waals surface area contributed by atoms with Crippen LogP contribution in [-0.2, 0) is 14.3 Å². The van der Waals surface area contributed by atoms with E-state index in [4.69, 9.17) is 9.47 Å². The van der Waals surface area contributed by atoms with Crippen LogP contribution in [0.25, 0.3) is 11.8 Å². The molecule has 0 saturated heterocycles. The van der Waals surface area contributed by atoms with Crippen molar-refractivity contribution in [1.29, 1.82) is 0 Å². The van der Waals surface area contributed by atoms with Crippen LogP contribution in [0.5, 0.6) is 5.75 Å². The molecule has 0 amide bonds. The molecule has 0 fully saturated rings. The topological polar surface area (TPSA) is 52.6 Å². The fraction of sp³-hybridized carbons (Fsp3) is 0. The standard InChI is InChI=1S/C14H12O4/c1-3-6-12(17-9-15)14-11(4-2)7-5-8-13(14)18-10-16/h3-10H,1-2H2/b12-6+. The maximum absolute atomic E-state index is 10.5. The molecular weight excluding hydrogens is 232 g/mol. The number of hydrogen-bond acceptors (Lipinski definition) is 4. The fourth-order valence-electron chi connectivity index (χ4n) is 1.47. The molecular formula is C14H12O4. The molecule has 92 valence electrons. The molecule has 0 aromatic heterocycles. The predicted molar refractivity (Wildman–Crippen MR) is 68.5 cm³/mol. The van der Waals surface area contributed by atoms with Gasteiger partial charge in [-0.3, -0.25) is 9.59 Å². The monoisotopic (exact) mass is 244 g/mol. The predicted octanol–water partition coefficient (Wildman–Crippen LogP) is 2.56. The van der Waals surface area contributed by atoms with E-state index in [-0.39, 0.29) is 11.5 Å². The first kappa shape index (κ1) is 13.4. The summed E-state index contributed by atoms with van der Waals surface area (Å²) in [7, 11) is 0. The van der Waals surface area contributed by atoms with Crippen molar-refractivity contribution in [1.82, 2.24) is 0 Å². The van der Waals surface area contributed by atoms with E-state index in [2.05, 4.69) is 13.2 Å². The summed E-state index contributed by atoms with van der Waals surface area (Å²) in [6.45, 7) is 7.78. The van der Waals surface area contributed by atoms with Crippen molar-refractivity contribution in [2.45, 2.75) is 0 Å². The second-order valence-electron chi connectivity index (χ2n) is 3.12. The summed E-state index contributed by atoms with van der Waals surface area (Å²) in [5.74, 6) is 0.504. The Labute approximate surface area is 105 Å². The van der Waals surface area contributed by atoms with Crippen LogP contribution >= 0.6 is 0 Å². The molecule has 0 aliphatic heterocycles. The molecule has 0 saturated carbocycles. The van der Waals surface area contributed by atoms with Crippen LogP contribution in [-0.4, -0.2) is 12.9 Å². The SMILES string of the molecule is C=C/C=C(/OC=O)c1c(C=C)cccc1OC=O. The van der Waals surface area contributed by atoms with Gasteiger partial charge >= 0.3 is 0 Å². The zero-order valence-electron chi connectivity index (χ0n) is 9.67. The molecule has 1 aromatic rings. The van der Waals surface area contributed by atoms with Gasteiger partial charge in [0.1, 0.15) is 11.5 Å². The highest BCUT2D eigenvalue weighted by Crippen LogP contribution is 2.30. The molecule has 1 rings (SSSR count). The van der Waals surface area contributed by atoms with Gasteiger partial charge in [0.05, 0.1) is 5.56 Å². The molecule has 0 aliphatic rings. The van der Waals surface area contributed by atoms with E-state index in [9.17, 15) is 9.59 Å². The molecule has 1 aromatic carbocycles. The molecule has 18 heavy (non-hydrogen) atoms. The van der Waals surface area contributed by atoms with E-state index in [0.29, 0.717) is 24.1 Å². The largest absolute Gasteiger partial charge is 0.428 e. The van der Waals surface area contributed by atoms with Crippen molar-refractivity contribution in [3.8, 4) is 5.75 Å². The number of carbonyl (C=O) groups is 2. The van der Waals surface area contributed by atoms with Gasteiger partial charge in [0.15, 0.2) is 0 Å². The Balaban J connectivity index is 3.45. The van der Waals surface area contributed by atoms with E-state index in [1.807, 2.05) is 0 Å². The first-order valence-corrected chi connectivity index (χ1v) is 5.07. The second kappa shape index (κ2) is 6.85. The van der Waals surface area contributed by atoms with Crippen LogP contribution in [0.4, 0.5) is 0 Å². The van der Waals surface area contributed by atoms with Gasteiger partial charge < -0.3 is 9.47 Å². The Bertz CT molecular complexity index is 501. The minimum absolute atomic E-state index is 0.229. The maximum Gasteiger partial charge on any atom is 0.298 e. The lowest BCUT2D eigenvalue weighted by Gasteiger charge is -2.12. The van der Waals surface area contributed by atoms with Crippen molar-refractivity contribution in [3.63, 3.8) is 0 Å². The zero-order valence-corrected chi connectivity index (χ0v) is 9.67. The number of benzene rings is 1. The average Bonchev–Trinajstić information content (AvgIpc) is 2.38. The van der Waals surface area contributed by atoms with E-state index >= 15 is 0 Å². The van der Waals surface area contributed by atoms with E-state index in [1.165, 1.54) is 12.2 Å². The van der Waals surface area contributed by atoms with Crippen molar-refractivity contribution >= 4 is 24.8 Å². The summed E-state index contributed by atoms with van der Waals surface area (Å²) in [4.78, 5) is 21.0. The van der Waals surface area contributed by atoms with Crippen LogP contribution in [0.15, 0.2) is 43.5 Å². The van der Waals surface area contributed by atoms with Crippen LogP contribution < -0.4 is 4.74 Å². The van der Waals surface area contributed by atoms with Gasteiger partial charge in [-0.2, -0.15) is 0 Å². The van der Waals surface area contributed by atoms with E-state index < -0.39 is 0 Å². The average molecular weight is 244 g/mol. The quantitative estimate of drug-likeness (QED) is 0.420. The van der Waals surface area contributed by atoms with Gasteiger partial charge in [0.25, 0.3) is 12.9 Å². The normalized spacial score (nSPS) is 10.3. The highest BCUT2D eigenvalue weighted by molar-refractivity contribution is 5.79. The van der Waals surface area contributed by atoms with Crippen molar-refractivity contribution in [2.75, 3.05) is 0 Å². The molecule has 0 aliphatic carbocycles. The molecule has 0 heterocycles.